The Morgan fingerprint density at radius 3 is 2.57 bits per heavy atom. The summed E-state index contributed by atoms with van der Waals surface area (Å²) in [4.78, 5) is 27.7. The molecule has 2 saturated heterocycles. The fourth-order valence-electron chi connectivity index (χ4n) is 3.37. The first-order valence-electron chi connectivity index (χ1n) is 8.41. The molecule has 2 fully saturated rings. The van der Waals surface area contributed by atoms with Gasteiger partial charge in [-0.15, -0.1) is 0 Å². The average molecular weight is 332 g/mol. The summed E-state index contributed by atoms with van der Waals surface area (Å²) < 4.78 is 0. The Kier molecular flexibility index (Phi) is 5.38. The largest absolute Gasteiger partial charge is 0.311 e. The Morgan fingerprint density at radius 1 is 1.22 bits per heavy atom. The number of carbonyl (C=O) groups is 2. The number of hydrogen-bond acceptors (Lipinski definition) is 4. The van der Waals surface area contributed by atoms with Crippen LogP contribution >= 0.6 is 11.8 Å². The zero-order valence-corrected chi connectivity index (χ0v) is 14.5. The lowest BCUT2D eigenvalue weighted by Gasteiger charge is -2.18. The van der Waals surface area contributed by atoms with Gasteiger partial charge in [-0.05, 0) is 50.0 Å². The third-order valence-electron chi connectivity index (χ3n) is 4.59. The van der Waals surface area contributed by atoms with Crippen LogP contribution in [0.25, 0.3) is 0 Å². The number of carbonyl (C=O) groups excluding carboxylic acids is 2. The molecular weight excluding hydrogens is 308 g/mol. The Hall–Kier alpha value is -1.33. The topological polar surface area (TPSA) is 40.6 Å². The predicted octanol–water partition coefficient (Wildman–Crippen LogP) is 2.71. The molecule has 1 aromatic carbocycles. The lowest BCUT2D eigenvalue weighted by atomic mass is 10.1. The number of thioether (sulfide) groups is 1. The fourth-order valence-corrected chi connectivity index (χ4v) is 4.29. The first kappa shape index (κ1) is 16.5. The van der Waals surface area contributed by atoms with Gasteiger partial charge in [0.05, 0.1) is 0 Å². The molecule has 5 heteroatoms. The number of nitrogens with zero attached hydrogens (tertiary/aromatic N) is 2. The van der Waals surface area contributed by atoms with E-state index in [0.717, 1.165) is 18.7 Å². The summed E-state index contributed by atoms with van der Waals surface area (Å²) in [6.07, 6.45) is 4.18. The van der Waals surface area contributed by atoms with E-state index in [0.29, 0.717) is 13.0 Å². The van der Waals surface area contributed by atoms with Gasteiger partial charge >= 0.3 is 0 Å². The molecule has 0 radical (unpaired) electrons. The van der Waals surface area contributed by atoms with Crippen LogP contribution in [0.5, 0.6) is 0 Å². The van der Waals surface area contributed by atoms with Crippen molar-refractivity contribution < 1.29 is 9.59 Å². The van der Waals surface area contributed by atoms with Gasteiger partial charge in [-0.25, -0.2) is 0 Å². The van der Waals surface area contributed by atoms with Crippen LogP contribution in [0.2, 0.25) is 0 Å². The van der Waals surface area contributed by atoms with E-state index in [9.17, 15) is 9.59 Å². The van der Waals surface area contributed by atoms with Crippen molar-refractivity contribution in [3.63, 3.8) is 0 Å². The van der Waals surface area contributed by atoms with Crippen LogP contribution in [0.4, 0.5) is 5.69 Å². The highest BCUT2D eigenvalue weighted by molar-refractivity contribution is 8.14. The van der Waals surface area contributed by atoms with Gasteiger partial charge in [0.2, 0.25) is 5.91 Å². The second kappa shape index (κ2) is 7.49. The number of amides is 1. The van der Waals surface area contributed by atoms with Crippen LogP contribution in [0.1, 0.15) is 31.7 Å². The van der Waals surface area contributed by atoms with Crippen molar-refractivity contribution in [1.29, 1.82) is 0 Å². The number of likely N-dealkylation sites (tertiary alicyclic amines) is 1. The molecular formula is C18H24N2O2S. The SMILES string of the molecule is CC(=O)SC1CC(=O)N(c2ccc(CCN3CCCC3)cc2)C1. The van der Waals surface area contributed by atoms with Crippen molar-refractivity contribution in [2.24, 2.45) is 0 Å². The Labute approximate surface area is 142 Å². The summed E-state index contributed by atoms with van der Waals surface area (Å²) in [6, 6.07) is 8.34. The molecule has 0 N–H and O–H groups in total. The zero-order chi connectivity index (χ0) is 16.2. The minimum atomic E-state index is 0.0851. The maximum absolute atomic E-state index is 12.1. The average Bonchev–Trinajstić information content (AvgIpc) is 3.15. The molecule has 0 saturated carbocycles. The molecule has 2 heterocycles. The highest BCUT2D eigenvalue weighted by atomic mass is 32.2. The fraction of sp³-hybridized carbons (Fsp3) is 0.556. The lowest BCUT2D eigenvalue weighted by Crippen LogP contribution is -2.25. The summed E-state index contributed by atoms with van der Waals surface area (Å²) in [7, 11) is 0. The molecule has 2 aliphatic rings. The number of benzene rings is 1. The van der Waals surface area contributed by atoms with E-state index in [-0.39, 0.29) is 16.3 Å². The molecule has 124 valence electrons. The third-order valence-corrected chi connectivity index (χ3v) is 5.57. The van der Waals surface area contributed by atoms with Gasteiger partial charge in [0.15, 0.2) is 5.12 Å². The van der Waals surface area contributed by atoms with Gasteiger partial charge < -0.3 is 9.80 Å². The van der Waals surface area contributed by atoms with Gasteiger partial charge in [0.25, 0.3) is 0 Å². The normalized spacial score (nSPS) is 22.0. The van der Waals surface area contributed by atoms with E-state index in [2.05, 4.69) is 17.0 Å². The quantitative estimate of drug-likeness (QED) is 0.831. The molecule has 3 rings (SSSR count). The van der Waals surface area contributed by atoms with E-state index < -0.39 is 0 Å². The maximum Gasteiger partial charge on any atom is 0.228 e. The Balaban J connectivity index is 1.56. The second-order valence-electron chi connectivity index (χ2n) is 6.41. The molecule has 1 aromatic rings. The highest BCUT2D eigenvalue weighted by Crippen LogP contribution is 2.28. The van der Waals surface area contributed by atoms with Crippen molar-refractivity contribution in [2.75, 3.05) is 31.1 Å². The summed E-state index contributed by atoms with van der Waals surface area (Å²) in [5, 5.41) is 0.178. The van der Waals surface area contributed by atoms with E-state index in [1.165, 1.54) is 43.3 Å². The third kappa shape index (κ3) is 4.36. The second-order valence-corrected chi connectivity index (χ2v) is 7.88. The molecule has 4 nitrogen and oxygen atoms in total. The molecule has 1 amide bonds. The summed E-state index contributed by atoms with van der Waals surface area (Å²) in [5.41, 5.74) is 2.27. The van der Waals surface area contributed by atoms with Gasteiger partial charge in [0.1, 0.15) is 0 Å². The van der Waals surface area contributed by atoms with E-state index >= 15 is 0 Å². The number of rotatable bonds is 5. The molecule has 1 unspecified atom stereocenters. The number of hydrogen-bond donors (Lipinski definition) is 0. The summed E-state index contributed by atoms with van der Waals surface area (Å²) in [5.74, 6) is 0.119. The van der Waals surface area contributed by atoms with Crippen LogP contribution in [-0.2, 0) is 16.0 Å². The Bertz CT molecular complexity index is 567. The highest BCUT2D eigenvalue weighted by Gasteiger charge is 2.31. The summed E-state index contributed by atoms with van der Waals surface area (Å²) in [6.45, 7) is 5.79. The van der Waals surface area contributed by atoms with Gasteiger partial charge in [-0.1, -0.05) is 23.9 Å². The summed E-state index contributed by atoms with van der Waals surface area (Å²) >= 11 is 1.28. The predicted molar refractivity (Wildman–Crippen MR) is 94.9 cm³/mol. The van der Waals surface area contributed by atoms with Crippen molar-refractivity contribution in [1.82, 2.24) is 4.90 Å². The van der Waals surface area contributed by atoms with E-state index in [4.69, 9.17) is 0 Å². The van der Waals surface area contributed by atoms with Gasteiger partial charge in [0, 0.05) is 37.4 Å². The monoisotopic (exact) mass is 332 g/mol. The van der Waals surface area contributed by atoms with Crippen molar-refractivity contribution in [3.05, 3.63) is 29.8 Å². The van der Waals surface area contributed by atoms with E-state index in [1.54, 1.807) is 6.92 Å². The molecule has 23 heavy (non-hydrogen) atoms. The first-order valence-corrected chi connectivity index (χ1v) is 9.28. The van der Waals surface area contributed by atoms with E-state index in [1.807, 2.05) is 17.0 Å². The van der Waals surface area contributed by atoms with Crippen LogP contribution in [0, 0.1) is 0 Å². The van der Waals surface area contributed by atoms with Gasteiger partial charge in [-0.3, -0.25) is 9.59 Å². The minimum Gasteiger partial charge on any atom is -0.311 e. The maximum atomic E-state index is 12.1. The van der Waals surface area contributed by atoms with Crippen LogP contribution < -0.4 is 4.90 Å². The molecule has 0 bridgehead atoms. The van der Waals surface area contributed by atoms with Crippen molar-refractivity contribution in [3.8, 4) is 0 Å². The number of anilines is 1. The first-order chi connectivity index (χ1) is 11.1. The van der Waals surface area contributed by atoms with Crippen LogP contribution in [0.15, 0.2) is 24.3 Å². The van der Waals surface area contributed by atoms with Gasteiger partial charge in [-0.2, -0.15) is 0 Å². The van der Waals surface area contributed by atoms with Crippen LogP contribution in [0.3, 0.4) is 0 Å². The lowest BCUT2D eigenvalue weighted by molar-refractivity contribution is -0.117. The van der Waals surface area contributed by atoms with Crippen molar-refractivity contribution >= 4 is 28.5 Å². The smallest absolute Gasteiger partial charge is 0.228 e. The molecule has 0 aliphatic carbocycles. The zero-order valence-electron chi connectivity index (χ0n) is 13.7. The molecule has 2 aliphatic heterocycles. The Morgan fingerprint density at radius 2 is 1.91 bits per heavy atom. The molecule has 1 atom stereocenters. The minimum absolute atomic E-state index is 0.0851. The molecule has 0 spiro atoms. The molecule has 0 aromatic heterocycles. The van der Waals surface area contributed by atoms with Crippen molar-refractivity contribution in [2.45, 2.75) is 37.9 Å². The standard InChI is InChI=1S/C18H24N2O2S/c1-14(21)23-17-12-18(22)20(13-17)16-6-4-15(5-7-16)8-11-19-9-2-3-10-19/h4-7,17H,2-3,8-13H2,1H3. The van der Waals surface area contributed by atoms with Crippen LogP contribution in [-0.4, -0.2) is 47.4 Å².